The molecule has 3 aromatic rings. The van der Waals surface area contributed by atoms with Crippen molar-refractivity contribution in [3.8, 4) is 17.1 Å². The second kappa shape index (κ2) is 12.8. The molecule has 9 nitrogen and oxygen atoms in total. The van der Waals surface area contributed by atoms with Crippen LogP contribution in [-0.2, 0) is 14.8 Å². The van der Waals surface area contributed by atoms with Crippen molar-refractivity contribution in [3.63, 3.8) is 0 Å². The van der Waals surface area contributed by atoms with E-state index in [4.69, 9.17) is 9.47 Å². The van der Waals surface area contributed by atoms with Gasteiger partial charge in [-0.2, -0.15) is 4.98 Å². The molecular formula is C32H40N4O5S. The summed E-state index contributed by atoms with van der Waals surface area (Å²) in [6.07, 6.45) is 3.50. The molecule has 1 N–H and O–H groups in total. The molecule has 1 amide bonds. The molecule has 1 fully saturated rings. The zero-order chi connectivity index (χ0) is 29.9. The van der Waals surface area contributed by atoms with Gasteiger partial charge < -0.3 is 14.4 Å². The van der Waals surface area contributed by atoms with Gasteiger partial charge in [-0.1, -0.05) is 38.1 Å². The number of anilines is 1. The summed E-state index contributed by atoms with van der Waals surface area (Å²) in [5.41, 5.74) is 3.78. The van der Waals surface area contributed by atoms with Gasteiger partial charge in [0.05, 0.1) is 16.6 Å². The molecule has 0 aliphatic carbocycles. The Labute approximate surface area is 248 Å². The summed E-state index contributed by atoms with van der Waals surface area (Å²) in [6.45, 7) is 10.5. The molecule has 0 unspecified atom stereocenters. The van der Waals surface area contributed by atoms with Crippen LogP contribution in [0, 0.1) is 25.7 Å². The minimum atomic E-state index is -4.10. The largest absolute Gasteiger partial charge is 0.475 e. The molecule has 42 heavy (non-hydrogen) atoms. The quantitative estimate of drug-likeness (QED) is 0.395. The molecule has 5 rings (SSSR count). The van der Waals surface area contributed by atoms with E-state index in [0.717, 1.165) is 55.6 Å². The lowest BCUT2D eigenvalue weighted by atomic mass is 9.95. The van der Waals surface area contributed by atoms with E-state index in [1.165, 1.54) is 12.1 Å². The fourth-order valence-electron chi connectivity index (χ4n) is 5.85. The van der Waals surface area contributed by atoms with Crippen LogP contribution in [0.25, 0.3) is 11.3 Å². The minimum Gasteiger partial charge on any atom is -0.475 e. The minimum absolute atomic E-state index is 0.0269. The molecule has 2 aliphatic heterocycles. The normalized spacial score (nSPS) is 19.3. The highest BCUT2D eigenvalue weighted by Gasteiger charge is 2.30. The van der Waals surface area contributed by atoms with Crippen LogP contribution in [0.15, 0.2) is 53.4 Å². The summed E-state index contributed by atoms with van der Waals surface area (Å²) in [5, 5.41) is 0. The van der Waals surface area contributed by atoms with E-state index in [-0.39, 0.29) is 35.3 Å². The van der Waals surface area contributed by atoms with Crippen LogP contribution >= 0.6 is 0 Å². The molecule has 0 spiro atoms. The van der Waals surface area contributed by atoms with Gasteiger partial charge in [0.1, 0.15) is 6.61 Å². The van der Waals surface area contributed by atoms with Crippen molar-refractivity contribution in [2.75, 3.05) is 31.1 Å². The number of aromatic nitrogens is 2. The predicted octanol–water partition coefficient (Wildman–Crippen LogP) is 5.63. The van der Waals surface area contributed by atoms with Crippen molar-refractivity contribution in [3.05, 3.63) is 65.2 Å². The topological polar surface area (TPSA) is 111 Å². The molecule has 3 heterocycles. The van der Waals surface area contributed by atoms with Crippen molar-refractivity contribution in [1.82, 2.24) is 14.9 Å². The maximum absolute atomic E-state index is 14.1. The van der Waals surface area contributed by atoms with Crippen LogP contribution in [0.3, 0.4) is 0 Å². The van der Waals surface area contributed by atoms with Crippen molar-refractivity contribution >= 4 is 21.9 Å². The van der Waals surface area contributed by atoms with Crippen molar-refractivity contribution < 1.29 is 22.7 Å². The first-order valence-corrected chi connectivity index (χ1v) is 16.2. The van der Waals surface area contributed by atoms with E-state index < -0.39 is 10.0 Å². The lowest BCUT2D eigenvalue weighted by molar-refractivity contribution is 0.0447. The average Bonchev–Trinajstić information content (AvgIpc) is 2.95. The summed E-state index contributed by atoms with van der Waals surface area (Å²) >= 11 is 0. The number of amides is 1. The van der Waals surface area contributed by atoms with E-state index in [2.05, 4.69) is 28.5 Å². The van der Waals surface area contributed by atoms with Gasteiger partial charge in [-0.3, -0.25) is 4.79 Å². The van der Waals surface area contributed by atoms with Crippen LogP contribution in [0.5, 0.6) is 5.88 Å². The summed E-state index contributed by atoms with van der Waals surface area (Å²) in [7, 11) is -4.10. The molecule has 4 bridgehead atoms. The molecule has 224 valence electrons. The number of benzene rings is 2. The summed E-state index contributed by atoms with van der Waals surface area (Å²) in [5.74, 6) is 0.723. The Morgan fingerprint density at radius 3 is 2.45 bits per heavy atom. The van der Waals surface area contributed by atoms with Crippen molar-refractivity contribution in [2.45, 2.75) is 64.3 Å². The lowest BCUT2D eigenvalue weighted by Gasteiger charge is -2.34. The van der Waals surface area contributed by atoms with Gasteiger partial charge in [-0.05, 0) is 80.7 Å². The fraction of sp³-hybridized carbons (Fsp3) is 0.469. The van der Waals surface area contributed by atoms with E-state index in [1.54, 1.807) is 18.2 Å². The standard InChI is InChI=1S/C32H40N4O5S/c1-21(2)17-26-20-41-29-19-28(30-22(3)7-5-8-23(30)4)33-32(34-29)35-42(38,39)27-10-6-9-25(18-27)31(37)36(26)14-11-24-12-15-40-16-13-24/h5-10,18-19,21,24,26H,11-17,20H2,1-4H3,(H,33,34,35)/t26-/m1/s1. The van der Waals surface area contributed by atoms with Gasteiger partial charge in [0.2, 0.25) is 11.8 Å². The van der Waals surface area contributed by atoms with E-state index in [0.29, 0.717) is 29.6 Å². The number of ether oxygens (including phenoxy) is 2. The zero-order valence-electron chi connectivity index (χ0n) is 24.8. The molecule has 0 radical (unpaired) electrons. The third kappa shape index (κ3) is 6.93. The van der Waals surface area contributed by atoms with E-state index in [9.17, 15) is 13.2 Å². The molecule has 1 atom stereocenters. The Bertz CT molecular complexity index is 1520. The molecule has 1 aromatic heterocycles. The smallest absolute Gasteiger partial charge is 0.264 e. The van der Waals surface area contributed by atoms with E-state index in [1.807, 2.05) is 36.9 Å². The maximum Gasteiger partial charge on any atom is 0.264 e. The Kier molecular flexibility index (Phi) is 9.13. The number of fused-ring (bicyclic) bond motifs is 4. The van der Waals surface area contributed by atoms with Gasteiger partial charge >= 0.3 is 0 Å². The van der Waals surface area contributed by atoms with Crippen molar-refractivity contribution in [2.24, 2.45) is 11.8 Å². The molecule has 2 aromatic carbocycles. The first-order valence-electron chi connectivity index (χ1n) is 14.7. The lowest BCUT2D eigenvalue weighted by Crippen LogP contribution is -2.45. The number of carbonyl (C=O) groups excluding carboxylic acids is 1. The van der Waals surface area contributed by atoms with Crippen LogP contribution in [0.2, 0.25) is 0 Å². The molecule has 0 saturated carbocycles. The van der Waals surface area contributed by atoms with E-state index >= 15 is 0 Å². The summed E-state index contributed by atoms with van der Waals surface area (Å²) in [6, 6.07) is 13.6. The Morgan fingerprint density at radius 2 is 1.74 bits per heavy atom. The molecule has 10 heteroatoms. The number of hydrogen-bond donors (Lipinski definition) is 1. The third-order valence-electron chi connectivity index (χ3n) is 8.04. The van der Waals surface area contributed by atoms with Gasteiger partial charge in [-0.15, -0.1) is 0 Å². The molecular weight excluding hydrogens is 552 g/mol. The van der Waals surface area contributed by atoms with Crippen LogP contribution in [0.1, 0.15) is 61.0 Å². The summed E-state index contributed by atoms with van der Waals surface area (Å²) in [4.78, 5) is 25.0. The number of hydrogen-bond acceptors (Lipinski definition) is 7. The van der Waals surface area contributed by atoms with Gasteiger partial charge in [0.25, 0.3) is 15.9 Å². The second-order valence-electron chi connectivity index (χ2n) is 11.8. The maximum atomic E-state index is 14.1. The number of nitrogens with one attached hydrogen (secondary N) is 1. The predicted molar refractivity (Wildman–Crippen MR) is 162 cm³/mol. The fourth-order valence-corrected chi connectivity index (χ4v) is 6.84. The third-order valence-corrected chi connectivity index (χ3v) is 9.37. The number of carbonyl (C=O) groups is 1. The van der Waals surface area contributed by atoms with Crippen LogP contribution in [-0.4, -0.2) is 61.6 Å². The molecule has 2 aliphatic rings. The van der Waals surface area contributed by atoms with Gasteiger partial charge in [0, 0.05) is 37.0 Å². The second-order valence-corrected chi connectivity index (χ2v) is 13.4. The monoisotopic (exact) mass is 592 g/mol. The number of rotatable bonds is 6. The first-order chi connectivity index (χ1) is 20.1. The highest BCUT2D eigenvalue weighted by molar-refractivity contribution is 7.92. The zero-order valence-corrected chi connectivity index (χ0v) is 25.6. The number of aryl methyl sites for hydroxylation is 2. The number of nitrogens with zero attached hydrogens (tertiary/aromatic N) is 3. The van der Waals surface area contributed by atoms with Gasteiger partial charge in [-0.25, -0.2) is 18.1 Å². The Morgan fingerprint density at radius 1 is 1.02 bits per heavy atom. The van der Waals surface area contributed by atoms with Crippen molar-refractivity contribution in [1.29, 1.82) is 0 Å². The SMILES string of the molecule is Cc1cccc(C)c1-c1cc2nc(n1)NS(=O)(=O)c1cccc(c1)C(=O)N(CCC1CCOCC1)[C@H](CC(C)C)CO2. The Hall–Kier alpha value is -3.50. The molecule has 1 saturated heterocycles. The highest BCUT2D eigenvalue weighted by Crippen LogP contribution is 2.30. The van der Waals surface area contributed by atoms with Gasteiger partial charge in [0.15, 0.2) is 0 Å². The van der Waals surface area contributed by atoms with Crippen LogP contribution < -0.4 is 9.46 Å². The summed E-state index contributed by atoms with van der Waals surface area (Å²) < 4.78 is 41.4. The first kappa shape index (κ1) is 30.0. The Balaban J connectivity index is 1.60. The highest BCUT2D eigenvalue weighted by atomic mass is 32.2. The number of sulfonamides is 1. The average molecular weight is 593 g/mol. The van der Waals surface area contributed by atoms with Crippen LogP contribution in [0.4, 0.5) is 5.95 Å².